The highest BCUT2D eigenvalue weighted by molar-refractivity contribution is 9.11. The van der Waals surface area contributed by atoms with Gasteiger partial charge in [0.25, 0.3) is 5.91 Å². The fourth-order valence-electron chi connectivity index (χ4n) is 1.70. The molecule has 0 radical (unpaired) electrons. The van der Waals surface area contributed by atoms with E-state index in [0.29, 0.717) is 11.4 Å². The molecule has 19 heavy (non-hydrogen) atoms. The zero-order valence-corrected chi connectivity index (χ0v) is 13.7. The molecule has 0 saturated carbocycles. The molecule has 100 valence electrons. The topological polar surface area (TPSA) is 46.9 Å². The SMILES string of the molecule is CC(C)n1nccc1NC(=O)c1cc(Br)cc(Br)c1. The lowest BCUT2D eigenvalue weighted by atomic mass is 10.2. The fourth-order valence-corrected chi connectivity index (χ4v) is 2.99. The Bertz CT molecular complexity index is 587. The van der Waals surface area contributed by atoms with E-state index < -0.39 is 0 Å². The second-order valence-electron chi connectivity index (χ2n) is 4.37. The molecule has 0 unspecified atom stereocenters. The molecular formula is C13H13Br2N3O. The molecule has 0 spiro atoms. The van der Waals surface area contributed by atoms with Gasteiger partial charge in [0.2, 0.25) is 0 Å². The van der Waals surface area contributed by atoms with Gasteiger partial charge in [-0.15, -0.1) is 0 Å². The average molecular weight is 387 g/mol. The van der Waals surface area contributed by atoms with Crippen LogP contribution in [0.1, 0.15) is 30.2 Å². The maximum absolute atomic E-state index is 12.2. The fraction of sp³-hybridized carbons (Fsp3) is 0.231. The van der Waals surface area contributed by atoms with E-state index in [1.165, 1.54) is 0 Å². The predicted octanol–water partition coefficient (Wildman–Crippen LogP) is 4.24. The van der Waals surface area contributed by atoms with Crippen LogP contribution in [0, 0.1) is 0 Å². The van der Waals surface area contributed by atoms with Gasteiger partial charge in [-0.1, -0.05) is 31.9 Å². The first kappa shape index (κ1) is 14.3. The van der Waals surface area contributed by atoms with Gasteiger partial charge in [-0.05, 0) is 32.0 Å². The van der Waals surface area contributed by atoms with Crippen molar-refractivity contribution < 1.29 is 4.79 Å². The van der Waals surface area contributed by atoms with Crippen molar-refractivity contribution >= 4 is 43.6 Å². The number of hydrogen-bond acceptors (Lipinski definition) is 2. The summed E-state index contributed by atoms with van der Waals surface area (Å²) in [4.78, 5) is 12.2. The largest absolute Gasteiger partial charge is 0.307 e. The van der Waals surface area contributed by atoms with E-state index in [2.05, 4.69) is 42.3 Å². The van der Waals surface area contributed by atoms with Crippen molar-refractivity contribution in [2.24, 2.45) is 0 Å². The standard InChI is InChI=1S/C13H13Br2N3O/c1-8(2)18-12(3-4-16-18)17-13(19)9-5-10(14)7-11(15)6-9/h3-8H,1-2H3,(H,17,19). The first-order chi connectivity index (χ1) is 8.97. The van der Waals surface area contributed by atoms with Crippen molar-refractivity contribution in [3.05, 3.63) is 45.0 Å². The van der Waals surface area contributed by atoms with E-state index in [1.807, 2.05) is 19.9 Å². The number of nitrogens with zero attached hydrogens (tertiary/aromatic N) is 2. The van der Waals surface area contributed by atoms with Crippen molar-refractivity contribution in [2.45, 2.75) is 19.9 Å². The maximum Gasteiger partial charge on any atom is 0.256 e. The number of benzene rings is 1. The van der Waals surface area contributed by atoms with Gasteiger partial charge in [0.1, 0.15) is 5.82 Å². The van der Waals surface area contributed by atoms with Gasteiger partial charge in [0.15, 0.2) is 0 Å². The third kappa shape index (κ3) is 3.45. The first-order valence-electron chi connectivity index (χ1n) is 5.78. The van der Waals surface area contributed by atoms with Crippen LogP contribution in [0.2, 0.25) is 0 Å². The van der Waals surface area contributed by atoms with Gasteiger partial charge in [-0.3, -0.25) is 4.79 Å². The Labute approximate surface area is 128 Å². The average Bonchev–Trinajstić information content (AvgIpc) is 2.75. The number of halogens is 2. The lowest BCUT2D eigenvalue weighted by molar-refractivity contribution is 0.102. The summed E-state index contributed by atoms with van der Waals surface area (Å²) in [5.74, 6) is 0.528. The van der Waals surface area contributed by atoms with E-state index in [4.69, 9.17) is 0 Å². The Morgan fingerprint density at radius 2 is 1.89 bits per heavy atom. The summed E-state index contributed by atoms with van der Waals surface area (Å²) < 4.78 is 3.47. The highest BCUT2D eigenvalue weighted by Crippen LogP contribution is 2.21. The number of nitrogens with one attached hydrogen (secondary N) is 1. The van der Waals surface area contributed by atoms with Gasteiger partial charge in [-0.25, -0.2) is 4.68 Å². The number of anilines is 1. The molecule has 0 fully saturated rings. The molecule has 1 amide bonds. The normalized spacial score (nSPS) is 10.8. The highest BCUT2D eigenvalue weighted by Gasteiger charge is 2.12. The van der Waals surface area contributed by atoms with Crippen molar-refractivity contribution in [1.82, 2.24) is 9.78 Å². The molecule has 1 aromatic carbocycles. The minimum absolute atomic E-state index is 0.163. The van der Waals surface area contributed by atoms with E-state index in [9.17, 15) is 4.79 Å². The van der Waals surface area contributed by atoms with Crippen LogP contribution < -0.4 is 5.32 Å². The number of aromatic nitrogens is 2. The van der Waals surface area contributed by atoms with Crippen LogP contribution in [-0.4, -0.2) is 15.7 Å². The minimum Gasteiger partial charge on any atom is -0.307 e. The number of carbonyl (C=O) groups is 1. The lowest BCUT2D eigenvalue weighted by Gasteiger charge is -2.12. The van der Waals surface area contributed by atoms with Crippen LogP contribution in [0.3, 0.4) is 0 Å². The number of hydrogen-bond donors (Lipinski definition) is 1. The molecular weight excluding hydrogens is 374 g/mol. The Morgan fingerprint density at radius 3 is 2.47 bits per heavy atom. The van der Waals surface area contributed by atoms with Crippen LogP contribution >= 0.6 is 31.9 Å². The van der Waals surface area contributed by atoms with E-state index in [1.54, 1.807) is 29.1 Å². The van der Waals surface area contributed by atoms with Crippen molar-refractivity contribution in [1.29, 1.82) is 0 Å². The molecule has 4 nitrogen and oxygen atoms in total. The molecule has 0 atom stereocenters. The third-order valence-corrected chi connectivity index (χ3v) is 3.44. The molecule has 0 bridgehead atoms. The maximum atomic E-state index is 12.2. The summed E-state index contributed by atoms with van der Waals surface area (Å²) in [5, 5.41) is 7.04. The molecule has 2 rings (SSSR count). The second-order valence-corrected chi connectivity index (χ2v) is 6.20. The molecule has 0 aliphatic rings. The third-order valence-electron chi connectivity index (χ3n) is 2.53. The number of amides is 1. The summed E-state index contributed by atoms with van der Waals surface area (Å²) in [7, 11) is 0. The number of rotatable bonds is 3. The lowest BCUT2D eigenvalue weighted by Crippen LogP contribution is -2.16. The van der Waals surface area contributed by atoms with Crippen LogP contribution in [0.5, 0.6) is 0 Å². The van der Waals surface area contributed by atoms with Gasteiger partial charge < -0.3 is 5.32 Å². The van der Waals surface area contributed by atoms with Crippen LogP contribution in [0.15, 0.2) is 39.4 Å². The van der Waals surface area contributed by atoms with Gasteiger partial charge >= 0.3 is 0 Å². The van der Waals surface area contributed by atoms with Crippen molar-refractivity contribution in [3.63, 3.8) is 0 Å². The second kappa shape index (κ2) is 5.88. The van der Waals surface area contributed by atoms with Crippen molar-refractivity contribution in [3.8, 4) is 0 Å². The summed E-state index contributed by atoms with van der Waals surface area (Å²) in [6.07, 6.45) is 1.67. The van der Waals surface area contributed by atoms with Gasteiger partial charge in [-0.2, -0.15) is 5.10 Å². The van der Waals surface area contributed by atoms with Gasteiger partial charge in [0.05, 0.1) is 6.20 Å². The molecule has 1 aromatic heterocycles. The Balaban J connectivity index is 2.23. The smallest absolute Gasteiger partial charge is 0.256 e. The summed E-state index contributed by atoms with van der Waals surface area (Å²) in [6.45, 7) is 4.02. The zero-order valence-electron chi connectivity index (χ0n) is 10.5. The summed E-state index contributed by atoms with van der Waals surface area (Å²) in [6, 6.07) is 7.41. The predicted molar refractivity (Wildman–Crippen MR) is 82.4 cm³/mol. The monoisotopic (exact) mass is 385 g/mol. The van der Waals surface area contributed by atoms with E-state index in [0.717, 1.165) is 8.95 Å². The molecule has 6 heteroatoms. The van der Waals surface area contributed by atoms with Gasteiger partial charge in [0, 0.05) is 26.6 Å². The molecule has 0 saturated heterocycles. The van der Waals surface area contributed by atoms with E-state index in [-0.39, 0.29) is 11.9 Å². The van der Waals surface area contributed by atoms with Crippen LogP contribution in [0.4, 0.5) is 5.82 Å². The minimum atomic E-state index is -0.163. The Hall–Kier alpha value is -1.14. The number of carbonyl (C=O) groups excluding carboxylic acids is 1. The first-order valence-corrected chi connectivity index (χ1v) is 7.37. The molecule has 0 aliphatic heterocycles. The van der Waals surface area contributed by atoms with Crippen molar-refractivity contribution in [2.75, 3.05) is 5.32 Å². The molecule has 2 aromatic rings. The molecule has 1 N–H and O–H groups in total. The summed E-state index contributed by atoms with van der Waals surface area (Å²) in [5.41, 5.74) is 0.581. The van der Waals surface area contributed by atoms with Crippen LogP contribution in [0.25, 0.3) is 0 Å². The van der Waals surface area contributed by atoms with E-state index >= 15 is 0 Å². The zero-order chi connectivity index (χ0) is 14.0. The van der Waals surface area contributed by atoms with Crippen LogP contribution in [-0.2, 0) is 0 Å². The molecule has 0 aliphatic carbocycles. The Morgan fingerprint density at radius 1 is 1.26 bits per heavy atom. The quantitative estimate of drug-likeness (QED) is 0.857. The molecule has 1 heterocycles. The Kier molecular flexibility index (Phi) is 4.42. The summed E-state index contributed by atoms with van der Waals surface area (Å²) >= 11 is 6.74. The highest BCUT2D eigenvalue weighted by atomic mass is 79.9.